The van der Waals surface area contributed by atoms with Crippen molar-refractivity contribution in [1.29, 1.82) is 0 Å². The fraction of sp³-hybridized carbons (Fsp3) is 0.152. The third-order valence-electron chi connectivity index (χ3n) is 8.22. The summed E-state index contributed by atoms with van der Waals surface area (Å²) in [6, 6.07) is 16.1. The van der Waals surface area contributed by atoms with Crippen LogP contribution in [0.5, 0.6) is 0 Å². The van der Waals surface area contributed by atoms with Crippen LogP contribution < -0.4 is 14.9 Å². The van der Waals surface area contributed by atoms with Crippen molar-refractivity contribution in [3.63, 3.8) is 0 Å². The number of halogens is 1. The first kappa shape index (κ1) is 29.2. The normalized spacial score (nSPS) is 13.0. The lowest BCUT2D eigenvalue weighted by Gasteiger charge is -2.17. The Balaban J connectivity index is 1.21. The molecule has 3 aromatic carbocycles. The van der Waals surface area contributed by atoms with E-state index < -0.39 is 15.8 Å². The Bertz CT molecular complexity index is 2290. The van der Waals surface area contributed by atoms with E-state index in [0.717, 1.165) is 39.5 Å². The van der Waals surface area contributed by atoms with Gasteiger partial charge in [0, 0.05) is 53.3 Å². The van der Waals surface area contributed by atoms with Crippen LogP contribution in [0.1, 0.15) is 32.7 Å². The number of aromatic nitrogens is 5. The molecule has 0 saturated carbocycles. The number of H-pyrrole nitrogens is 1. The van der Waals surface area contributed by atoms with Crippen LogP contribution in [0.2, 0.25) is 0 Å². The first-order chi connectivity index (χ1) is 22.0. The molecule has 3 aromatic heterocycles. The van der Waals surface area contributed by atoms with E-state index in [-0.39, 0.29) is 28.6 Å². The molecule has 13 heteroatoms. The summed E-state index contributed by atoms with van der Waals surface area (Å²) in [6.45, 7) is 5.54. The summed E-state index contributed by atoms with van der Waals surface area (Å²) in [5.41, 5.74) is 6.23. The van der Waals surface area contributed by atoms with Crippen molar-refractivity contribution in [1.82, 2.24) is 24.7 Å². The summed E-state index contributed by atoms with van der Waals surface area (Å²) in [6.07, 6.45) is 3.61. The maximum Gasteiger partial charge on any atom is 0.261 e. The summed E-state index contributed by atoms with van der Waals surface area (Å²) < 4.78 is 44.6. The molecule has 3 N–H and O–H groups in total. The number of rotatable bonds is 7. The number of nitrogens with one attached hydrogen (secondary N) is 3. The average molecular weight is 637 g/mol. The van der Waals surface area contributed by atoms with Crippen LogP contribution in [0.3, 0.4) is 0 Å². The standard InChI is InChI=1S/C33H29FN8O3S/c1-18-13-21(11-12-26(18)34)46(44,45)40-27-9-5-8-23-25(27)17-42(32(23)43)28-10-6-7-22-24(16-35-31(22)28)30-19(2)15-36-33(38-30)37-29-14-20(3)41(4)39-29/h5-16,35,40H,17H2,1-4H3,(H,36,37,38,39). The summed E-state index contributed by atoms with van der Waals surface area (Å²) in [7, 11) is -2.18. The minimum atomic E-state index is -4.04. The first-order valence-electron chi connectivity index (χ1n) is 14.4. The Hall–Kier alpha value is -5.56. The van der Waals surface area contributed by atoms with E-state index in [1.54, 1.807) is 34.0 Å². The molecule has 46 heavy (non-hydrogen) atoms. The van der Waals surface area contributed by atoms with Crippen molar-refractivity contribution in [2.45, 2.75) is 32.2 Å². The van der Waals surface area contributed by atoms with Crippen LogP contribution in [0.15, 0.2) is 78.0 Å². The fourth-order valence-electron chi connectivity index (χ4n) is 5.68. The maximum absolute atomic E-state index is 13.8. The highest BCUT2D eigenvalue weighted by atomic mass is 32.2. The Morgan fingerprint density at radius 2 is 1.78 bits per heavy atom. The third kappa shape index (κ3) is 4.94. The lowest BCUT2D eigenvalue weighted by molar-refractivity contribution is 0.0997. The minimum Gasteiger partial charge on any atom is -0.359 e. The van der Waals surface area contributed by atoms with Crippen LogP contribution in [0, 0.1) is 26.6 Å². The molecule has 0 bridgehead atoms. The highest BCUT2D eigenvalue weighted by Gasteiger charge is 2.33. The van der Waals surface area contributed by atoms with Gasteiger partial charge in [-0.3, -0.25) is 14.2 Å². The summed E-state index contributed by atoms with van der Waals surface area (Å²) in [5, 5.41) is 8.45. The van der Waals surface area contributed by atoms with E-state index in [9.17, 15) is 17.6 Å². The van der Waals surface area contributed by atoms with E-state index in [1.807, 2.05) is 51.4 Å². The smallest absolute Gasteiger partial charge is 0.261 e. The minimum absolute atomic E-state index is 0.0672. The van der Waals surface area contributed by atoms with Gasteiger partial charge in [-0.1, -0.05) is 18.2 Å². The van der Waals surface area contributed by atoms with Gasteiger partial charge in [0.25, 0.3) is 15.9 Å². The SMILES string of the molecule is Cc1cc(S(=O)(=O)Nc2cccc3c2CN(c2cccc4c(-c5nc(Nc6cc(C)n(C)n6)ncc5C)c[nH]c24)C3=O)ccc1F. The van der Waals surface area contributed by atoms with Crippen LogP contribution in [-0.4, -0.2) is 39.1 Å². The molecule has 0 aliphatic carbocycles. The zero-order chi connectivity index (χ0) is 32.3. The summed E-state index contributed by atoms with van der Waals surface area (Å²) >= 11 is 0. The van der Waals surface area contributed by atoms with Gasteiger partial charge in [-0.15, -0.1) is 0 Å². The van der Waals surface area contributed by atoms with Crippen LogP contribution >= 0.6 is 0 Å². The van der Waals surface area contributed by atoms with Gasteiger partial charge >= 0.3 is 0 Å². The first-order valence-corrected chi connectivity index (χ1v) is 15.9. The fourth-order valence-corrected chi connectivity index (χ4v) is 6.86. The van der Waals surface area contributed by atoms with Gasteiger partial charge < -0.3 is 15.2 Å². The van der Waals surface area contributed by atoms with E-state index >= 15 is 0 Å². The molecule has 0 atom stereocenters. The Morgan fingerprint density at radius 3 is 2.54 bits per heavy atom. The number of nitrogens with zero attached hydrogens (tertiary/aromatic N) is 5. The van der Waals surface area contributed by atoms with Gasteiger partial charge in [0.1, 0.15) is 5.82 Å². The number of carbonyl (C=O) groups excluding carboxylic acids is 1. The highest BCUT2D eigenvalue weighted by molar-refractivity contribution is 7.92. The molecular weight excluding hydrogens is 607 g/mol. The molecule has 0 saturated heterocycles. The van der Waals surface area contributed by atoms with Crippen molar-refractivity contribution in [2.24, 2.45) is 7.05 Å². The molecule has 0 radical (unpaired) electrons. The van der Waals surface area contributed by atoms with Crippen molar-refractivity contribution in [3.05, 3.63) is 107 Å². The van der Waals surface area contributed by atoms with E-state index in [4.69, 9.17) is 4.98 Å². The summed E-state index contributed by atoms with van der Waals surface area (Å²) in [4.78, 5) is 27.9. The van der Waals surface area contributed by atoms with Gasteiger partial charge in [0.05, 0.1) is 34.0 Å². The molecule has 7 rings (SSSR count). The topological polar surface area (TPSA) is 138 Å². The molecule has 11 nitrogen and oxygen atoms in total. The van der Waals surface area contributed by atoms with E-state index in [2.05, 4.69) is 25.1 Å². The molecular formula is C33H29FN8O3S. The number of anilines is 4. The third-order valence-corrected chi connectivity index (χ3v) is 9.58. The molecule has 1 aliphatic heterocycles. The molecule has 232 valence electrons. The molecule has 1 aliphatic rings. The number of fused-ring (bicyclic) bond motifs is 2. The quantitative estimate of drug-likeness (QED) is 0.192. The molecule has 1 amide bonds. The van der Waals surface area contributed by atoms with Crippen LogP contribution in [0.25, 0.3) is 22.2 Å². The number of carbonyl (C=O) groups is 1. The number of sulfonamides is 1. The van der Waals surface area contributed by atoms with Gasteiger partial charge in [0.15, 0.2) is 5.82 Å². The predicted molar refractivity (Wildman–Crippen MR) is 174 cm³/mol. The maximum atomic E-state index is 13.8. The van der Waals surface area contributed by atoms with E-state index in [1.165, 1.54) is 19.1 Å². The number of para-hydroxylation sites is 1. The zero-order valence-electron chi connectivity index (χ0n) is 25.4. The van der Waals surface area contributed by atoms with Gasteiger partial charge in [-0.25, -0.2) is 22.8 Å². The van der Waals surface area contributed by atoms with Crippen molar-refractivity contribution < 1.29 is 17.6 Å². The number of aromatic amines is 1. The number of benzene rings is 3. The molecule has 0 fully saturated rings. The largest absolute Gasteiger partial charge is 0.359 e. The van der Waals surface area contributed by atoms with Gasteiger partial charge in [-0.2, -0.15) is 5.10 Å². The highest BCUT2D eigenvalue weighted by Crippen LogP contribution is 2.39. The van der Waals surface area contributed by atoms with Crippen molar-refractivity contribution in [2.75, 3.05) is 14.9 Å². The Labute approximate surface area is 264 Å². The van der Waals surface area contributed by atoms with Gasteiger partial charge in [-0.05, 0) is 68.3 Å². The molecule has 0 unspecified atom stereocenters. The van der Waals surface area contributed by atoms with Crippen LogP contribution in [0.4, 0.5) is 27.5 Å². The molecule has 0 spiro atoms. The summed E-state index contributed by atoms with van der Waals surface area (Å²) in [5.74, 6) is 0.291. The van der Waals surface area contributed by atoms with Gasteiger partial charge in [0.2, 0.25) is 5.95 Å². The monoisotopic (exact) mass is 636 g/mol. The predicted octanol–water partition coefficient (Wildman–Crippen LogP) is 6.13. The second-order valence-electron chi connectivity index (χ2n) is 11.3. The van der Waals surface area contributed by atoms with Crippen molar-refractivity contribution >= 4 is 50.0 Å². The lowest BCUT2D eigenvalue weighted by atomic mass is 10.1. The van der Waals surface area contributed by atoms with E-state index in [0.29, 0.717) is 28.6 Å². The van der Waals surface area contributed by atoms with Crippen molar-refractivity contribution in [3.8, 4) is 11.3 Å². The second kappa shape index (κ2) is 10.8. The molecule has 6 aromatic rings. The number of hydrogen-bond acceptors (Lipinski definition) is 7. The number of aryl methyl sites for hydroxylation is 4. The second-order valence-corrected chi connectivity index (χ2v) is 13.0. The molecule has 4 heterocycles. The number of amides is 1. The van der Waals surface area contributed by atoms with Crippen LogP contribution in [-0.2, 0) is 23.6 Å². The zero-order valence-corrected chi connectivity index (χ0v) is 26.2. The average Bonchev–Trinajstić information content (AvgIpc) is 3.70. The lowest BCUT2D eigenvalue weighted by Crippen LogP contribution is -2.23. The number of hydrogen-bond donors (Lipinski definition) is 3. The Morgan fingerprint density at radius 1 is 0.978 bits per heavy atom. The Kier molecular flexibility index (Phi) is 6.85.